The maximum absolute atomic E-state index is 12.7. The Morgan fingerprint density at radius 2 is 2.00 bits per heavy atom. The van der Waals surface area contributed by atoms with E-state index in [0.29, 0.717) is 32.5 Å². The molecule has 0 N–H and O–H groups in total. The summed E-state index contributed by atoms with van der Waals surface area (Å²) in [5, 5.41) is -0.0161. The number of benzene rings is 1. The van der Waals surface area contributed by atoms with Crippen molar-refractivity contribution in [1.82, 2.24) is 4.31 Å². The van der Waals surface area contributed by atoms with Crippen molar-refractivity contribution in [2.24, 2.45) is 0 Å². The van der Waals surface area contributed by atoms with Crippen LogP contribution >= 0.6 is 11.8 Å². The molecule has 0 saturated carbocycles. The van der Waals surface area contributed by atoms with Gasteiger partial charge in [0.25, 0.3) is 0 Å². The van der Waals surface area contributed by atoms with E-state index in [-0.39, 0.29) is 33.3 Å². The second-order valence-electron chi connectivity index (χ2n) is 7.01. The van der Waals surface area contributed by atoms with E-state index < -0.39 is 19.9 Å². The Bertz CT molecular complexity index is 955. The zero-order valence-corrected chi connectivity index (χ0v) is 18.6. The van der Waals surface area contributed by atoms with Crippen molar-refractivity contribution in [3.05, 3.63) is 23.8 Å². The normalized spacial score (nSPS) is 21.2. The molecule has 1 aromatic rings. The van der Waals surface area contributed by atoms with Crippen LogP contribution in [0.15, 0.2) is 23.1 Å². The maximum Gasteiger partial charge on any atom is 0.243 e. The van der Waals surface area contributed by atoms with Gasteiger partial charge in [-0.25, -0.2) is 16.8 Å². The minimum Gasteiger partial charge on any atom is -0.311 e. The molecule has 2 aliphatic heterocycles. The van der Waals surface area contributed by atoms with Gasteiger partial charge in [0.15, 0.2) is 9.84 Å². The minimum atomic E-state index is -3.52. The lowest BCUT2D eigenvalue weighted by molar-refractivity contribution is -0.116. The number of carbonyl (C=O) groups excluding carboxylic acids is 1. The van der Waals surface area contributed by atoms with Crippen molar-refractivity contribution in [3.8, 4) is 0 Å². The maximum atomic E-state index is 12.7. The lowest BCUT2D eigenvalue weighted by Crippen LogP contribution is -2.31. The summed E-state index contributed by atoms with van der Waals surface area (Å²) in [5.74, 6) is 0.523. The van der Waals surface area contributed by atoms with Crippen LogP contribution < -0.4 is 4.90 Å². The van der Waals surface area contributed by atoms with Crippen molar-refractivity contribution < 1.29 is 21.6 Å². The minimum absolute atomic E-state index is 0.0161. The molecule has 1 fully saturated rings. The number of nitrogens with zero attached hydrogens (tertiary/aromatic N) is 2. The molecule has 10 heteroatoms. The van der Waals surface area contributed by atoms with Crippen LogP contribution in [0.3, 0.4) is 0 Å². The molecule has 0 radical (unpaired) electrons. The van der Waals surface area contributed by atoms with E-state index in [2.05, 4.69) is 0 Å². The first-order valence-corrected chi connectivity index (χ1v) is 13.7. The Morgan fingerprint density at radius 1 is 1.29 bits per heavy atom. The van der Waals surface area contributed by atoms with Crippen molar-refractivity contribution >= 4 is 43.2 Å². The predicted molar refractivity (Wildman–Crippen MR) is 112 cm³/mol. The van der Waals surface area contributed by atoms with E-state index in [4.69, 9.17) is 0 Å². The molecule has 1 saturated heterocycles. The largest absolute Gasteiger partial charge is 0.311 e. The molecular formula is C18H26N2O5S3. The predicted octanol–water partition coefficient (Wildman–Crippen LogP) is 1.53. The van der Waals surface area contributed by atoms with E-state index in [0.717, 1.165) is 11.3 Å². The van der Waals surface area contributed by atoms with Crippen LogP contribution in [0.4, 0.5) is 5.69 Å². The van der Waals surface area contributed by atoms with Gasteiger partial charge in [-0.1, -0.05) is 13.8 Å². The lowest BCUT2D eigenvalue weighted by Gasteiger charge is -2.20. The first-order chi connectivity index (χ1) is 13.2. The average molecular weight is 447 g/mol. The Morgan fingerprint density at radius 3 is 2.61 bits per heavy atom. The molecule has 2 heterocycles. The molecule has 0 spiro atoms. The molecule has 1 unspecified atom stereocenters. The first-order valence-electron chi connectivity index (χ1n) is 9.43. The fourth-order valence-corrected chi connectivity index (χ4v) is 8.70. The summed E-state index contributed by atoms with van der Waals surface area (Å²) in [6.45, 7) is 4.96. The lowest BCUT2D eigenvalue weighted by atomic mass is 10.2. The van der Waals surface area contributed by atoms with Gasteiger partial charge in [0, 0.05) is 30.6 Å². The van der Waals surface area contributed by atoms with Gasteiger partial charge in [0.1, 0.15) is 0 Å². The number of anilines is 1. The molecule has 0 aromatic heterocycles. The molecule has 2 aliphatic rings. The molecule has 0 bridgehead atoms. The fraction of sp³-hybridized carbons (Fsp3) is 0.611. The van der Waals surface area contributed by atoms with Crippen molar-refractivity contribution in [3.63, 3.8) is 0 Å². The summed E-state index contributed by atoms with van der Waals surface area (Å²) in [7, 11) is -6.47. The highest BCUT2D eigenvalue weighted by Crippen LogP contribution is 2.32. The Hall–Kier alpha value is -1.10. The number of hydrogen-bond donors (Lipinski definition) is 0. The van der Waals surface area contributed by atoms with Gasteiger partial charge < -0.3 is 4.90 Å². The van der Waals surface area contributed by atoms with Crippen LogP contribution in [-0.2, 0) is 31.1 Å². The molecular weight excluding hydrogens is 420 g/mol. The molecule has 0 aliphatic carbocycles. The third-order valence-electron chi connectivity index (χ3n) is 5.22. The van der Waals surface area contributed by atoms with Gasteiger partial charge in [0.05, 0.1) is 22.2 Å². The molecule has 28 heavy (non-hydrogen) atoms. The van der Waals surface area contributed by atoms with E-state index in [1.165, 1.54) is 16.1 Å². The number of carbonyl (C=O) groups is 1. The number of sulfone groups is 1. The van der Waals surface area contributed by atoms with E-state index in [9.17, 15) is 21.6 Å². The summed E-state index contributed by atoms with van der Waals surface area (Å²) in [5.41, 5.74) is 1.61. The second kappa shape index (κ2) is 8.33. The highest BCUT2D eigenvalue weighted by molar-refractivity contribution is 8.02. The number of fused-ring (bicyclic) bond motifs is 1. The van der Waals surface area contributed by atoms with Crippen LogP contribution in [0.1, 0.15) is 25.8 Å². The zero-order valence-electron chi connectivity index (χ0n) is 16.1. The van der Waals surface area contributed by atoms with Gasteiger partial charge in [-0.05, 0) is 36.6 Å². The summed E-state index contributed by atoms with van der Waals surface area (Å²) in [6.07, 6.45) is 1.22. The highest BCUT2D eigenvalue weighted by atomic mass is 32.2. The average Bonchev–Trinajstić information content (AvgIpc) is 3.22. The Balaban J connectivity index is 1.70. The van der Waals surface area contributed by atoms with Gasteiger partial charge in [0.2, 0.25) is 15.9 Å². The third kappa shape index (κ3) is 4.39. The number of amides is 1. The van der Waals surface area contributed by atoms with Crippen LogP contribution in [0.5, 0.6) is 0 Å². The highest BCUT2D eigenvalue weighted by Gasteiger charge is 2.31. The molecule has 1 atom stereocenters. The third-order valence-corrected chi connectivity index (χ3v) is 10.5. The first kappa shape index (κ1) is 21.6. The Labute approximate surface area is 171 Å². The van der Waals surface area contributed by atoms with Gasteiger partial charge in [-0.15, -0.1) is 11.8 Å². The molecule has 156 valence electrons. The number of hydrogen-bond acceptors (Lipinski definition) is 6. The summed E-state index contributed by atoms with van der Waals surface area (Å²) >= 11 is 1.40. The topological polar surface area (TPSA) is 91.8 Å². The summed E-state index contributed by atoms with van der Waals surface area (Å²) in [4.78, 5) is 14.6. The molecule has 1 aromatic carbocycles. The van der Waals surface area contributed by atoms with Crippen LogP contribution in [0, 0.1) is 0 Å². The van der Waals surface area contributed by atoms with E-state index >= 15 is 0 Å². The summed E-state index contributed by atoms with van der Waals surface area (Å²) < 4.78 is 49.9. The van der Waals surface area contributed by atoms with E-state index in [1.807, 2.05) is 13.8 Å². The van der Waals surface area contributed by atoms with Crippen LogP contribution in [-0.4, -0.2) is 69.2 Å². The van der Waals surface area contributed by atoms with Gasteiger partial charge in [-0.3, -0.25) is 4.79 Å². The molecule has 1 amide bonds. The Kier molecular flexibility index (Phi) is 6.43. The number of thioether (sulfide) groups is 1. The smallest absolute Gasteiger partial charge is 0.243 e. The van der Waals surface area contributed by atoms with Gasteiger partial charge in [-0.2, -0.15) is 4.31 Å². The van der Waals surface area contributed by atoms with Crippen molar-refractivity contribution in [1.29, 1.82) is 0 Å². The van der Waals surface area contributed by atoms with Crippen molar-refractivity contribution in [2.75, 3.05) is 41.8 Å². The van der Waals surface area contributed by atoms with Crippen LogP contribution in [0.2, 0.25) is 0 Å². The number of rotatable bonds is 7. The monoisotopic (exact) mass is 446 g/mol. The van der Waals surface area contributed by atoms with E-state index in [1.54, 1.807) is 23.1 Å². The molecule has 3 rings (SSSR count). The van der Waals surface area contributed by atoms with Gasteiger partial charge >= 0.3 is 0 Å². The summed E-state index contributed by atoms with van der Waals surface area (Å²) in [6, 6.07) is 4.95. The van der Waals surface area contributed by atoms with Crippen molar-refractivity contribution in [2.45, 2.75) is 36.8 Å². The standard InChI is InChI=1S/C18H26N2O5S3/c1-3-19(4-2)28(24,25)16-5-6-17-14(11-16)7-9-20(17)18(21)12-26-15-8-10-27(22,23)13-15/h5-6,11,15H,3-4,7-10,12-13H2,1-2H3. The zero-order chi connectivity index (χ0) is 20.5. The number of sulfonamides is 1. The quantitative estimate of drug-likeness (QED) is 0.631. The molecule has 7 nitrogen and oxygen atoms in total. The second-order valence-corrected chi connectivity index (χ2v) is 12.5. The fourth-order valence-electron chi connectivity index (χ4n) is 3.67. The SMILES string of the molecule is CCN(CC)S(=O)(=O)c1ccc2c(c1)CCN2C(=O)CSC1CCS(=O)(=O)C1. The van der Waals surface area contributed by atoms with Crippen LogP contribution in [0.25, 0.3) is 0 Å².